The summed E-state index contributed by atoms with van der Waals surface area (Å²) >= 11 is 0. The van der Waals surface area contributed by atoms with Crippen molar-refractivity contribution in [2.24, 2.45) is 0 Å². The Morgan fingerprint density at radius 1 is 1.04 bits per heavy atom. The number of rotatable bonds is 2. The first-order valence-electron chi connectivity index (χ1n) is 7.75. The summed E-state index contributed by atoms with van der Waals surface area (Å²) in [6.07, 6.45) is 0. The Balaban J connectivity index is 1.74. The van der Waals surface area contributed by atoms with Crippen LogP contribution >= 0.6 is 0 Å². The Morgan fingerprint density at radius 3 is 2.29 bits per heavy atom. The highest BCUT2D eigenvalue weighted by atomic mass is 32.2. The van der Waals surface area contributed by atoms with Gasteiger partial charge in [0.25, 0.3) is 0 Å². The molecule has 0 N–H and O–H groups in total. The van der Waals surface area contributed by atoms with Crippen molar-refractivity contribution in [3.63, 3.8) is 0 Å². The molecule has 1 saturated heterocycles. The number of ether oxygens (including phenoxy) is 2. The predicted molar refractivity (Wildman–Crippen MR) is 86.8 cm³/mol. The first-order chi connectivity index (χ1) is 11.4. The smallest absolute Gasteiger partial charge is 0.319 e. The number of piperazine rings is 1. The highest BCUT2D eigenvalue weighted by Gasteiger charge is 2.31. The van der Waals surface area contributed by atoms with E-state index in [1.54, 1.807) is 25.1 Å². The van der Waals surface area contributed by atoms with E-state index in [0.717, 1.165) is 0 Å². The molecule has 0 aliphatic carbocycles. The Hall–Kier alpha value is -2.00. The summed E-state index contributed by atoms with van der Waals surface area (Å²) in [5.41, 5.74) is 0. The predicted octanol–water partition coefficient (Wildman–Crippen LogP) is 0.446. The Bertz CT molecular complexity index is 727. The average Bonchev–Trinajstić information content (AvgIpc) is 2.60. The van der Waals surface area contributed by atoms with E-state index in [1.165, 1.54) is 21.3 Å². The maximum absolute atomic E-state index is 12.8. The first kappa shape index (κ1) is 16.8. The lowest BCUT2D eigenvalue weighted by atomic mass is 10.3. The number of hydrogen-bond acceptors (Lipinski definition) is 5. The first-order valence-corrected chi connectivity index (χ1v) is 9.19. The molecule has 0 bridgehead atoms. The third-order valence-electron chi connectivity index (χ3n) is 4.04. The molecule has 1 aromatic rings. The third-order valence-corrected chi connectivity index (χ3v) is 5.94. The van der Waals surface area contributed by atoms with Crippen LogP contribution in [0.15, 0.2) is 23.1 Å². The number of urea groups is 1. The van der Waals surface area contributed by atoms with Gasteiger partial charge in [0, 0.05) is 46.3 Å². The molecule has 0 unspecified atom stereocenters. The van der Waals surface area contributed by atoms with Crippen LogP contribution in [-0.4, -0.2) is 82.0 Å². The highest BCUT2D eigenvalue weighted by molar-refractivity contribution is 7.89. The van der Waals surface area contributed by atoms with Crippen molar-refractivity contribution in [1.82, 2.24) is 14.1 Å². The number of sulfonamides is 1. The van der Waals surface area contributed by atoms with Gasteiger partial charge >= 0.3 is 6.03 Å². The fraction of sp³-hybridized carbons (Fsp3) is 0.533. The largest absolute Gasteiger partial charge is 0.486 e. The molecule has 0 radical (unpaired) electrons. The van der Waals surface area contributed by atoms with Crippen molar-refractivity contribution in [3.05, 3.63) is 18.2 Å². The molecule has 2 amide bonds. The monoisotopic (exact) mass is 355 g/mol. The van der Waals surface area contributed by atoms with Crippen LogP contribution in [-0.2, 0) is 10.0 Å². The van der Waals surface area contributed by atoms with Gasteiger partial charge in [-0.1, -0.05) is 0 Å². The summed E-state index contributed by atoms with van der Waals surface area (Å²) in [7, 11) is -0.256. The second-order valence-electron chi connectivity index (χ2n) is 5.87. The van der Waals surface area contributed by atoms with Gasteiger partial charge in [0.1, 0.15) is 13.2 Å². The molecule has 24 heavy (non-hydrogen) atoms. The second-order valence-corrected chi connectivity index (χ2v) is 7.81. The van der Waals surface area contributed by atoms with Crippen LogP contribution in [0.1, 0.15) is 0 Å². The molecule has 0 atom stereocenters. The van der Waals surface area contributed by atoms with E-state index in [4.69, 9.17) is 9.47 Å². The lowest BCUT2D eigenvalue weighted by Crippen LogP contribution is -2.52. The molecule has 0 spiro atoms. The van der Waals surface area contributed by atoms with Crippen molar-refractivity contribution >= 4 is 16.1 Å². The van der Waals surface area contributed by atoms with Crippen LogP contribution in [0.5, 0.6) is 11.5 Å². The van der Waals surface area contributed by atoms with Gasteiger partial charge in [0.05, 0.1) is 4.90 Å². The van der Waals surface area contributed by atoms with Gasteiger partial charge in [0.15, 0.2) is 11.5 Å². The summed E-state index contributed by atoms with van der Waals surface area (Å²) in [4.78, 5) is 15.3. The van der Waals surface area contributed by atoms with E-state index >= 15 is 0 Å². The molecule has 2 aliphatic heterocycles. The van der Waals surface area contributed by atoms with Gasteiger partial charge in [-0.3, -0.25) is 0 Å². The molecule has 1 aromatic carbocycles. The van der Waals surface area contributed by atoms with Gasteiger partial charge < -0.3 is 19.3 Å². The van der Waals surface area contributed by atoms with E-state index in [2.05, 4.69) is 0 Å². The normalized spacial score (nSPS) is 18.3. The maximum Gasteiger partial charge on any atom is 0.319 e. The Morgan fingerprint density at radius 2 is 1.67 bits per heavy atom. The van der Waals surface area contributed by atoms with Gasteiger partial charge in [-0.25, -0.2) is 13.2 Å². The number of fused-ring (bicyclic) bond motifs is 1. The summed E-state index contributed by atoms with van der Waals surface area (Å²) in [6.45, 7) is 2.16. The van der Waals surface area contributed by atoms with Crippen LogP contribution in [0.25, 0.3) is 0 Å². The van der Waals surface area contributed by atoms with E-state index in [9.17, 15) is 13.2 Å². The van der Waals surface area contributed by atoms with Gasteiger partial charge in [-0.05, 0) is 12.1 Å². The fourth-order valence-electron chi connectivity index (χ4n) is 2.74. The fourth-order valence-corrected chi connectivity index (χ4v) is 4.17. The summed E-state index contributed by atoms with van der Waals surface area (Å²) < 4.78 is 37.9. The summed E-state index contributed by atoms with van der Waals surface area (Å²) in [5, 5.41) is 0. The number of amides is 2. The van der Waals surface area contributed by atoms with Crippen molar-refractivity contribution in [2.45, 2.75) is 4.90 Å². The van der Waals surface area contributed by atoms with E-state index in [0.29, 0.717) is 37.8 Å². The maximum atomic E-state index is 12.8. The van der Waals surface area contributed by atoms with Crippen LogP contribution < -0.4 is 9.47 Å². The molecular formula is C15H21N3O5S. The van der Waals surface area contributed by atoms with E-state index in [-0.39, 0.29) is 24.0 Å². The molecule has 132 valence electrons. The van der Waals surface area contributed by atoms with Crippen LogP contribution in [0, 0.1) is 0 Å². The van der Waals surface area contributed by atoms with Crippen molar-refractivity contribution in [1.29, 1.82) is 0 Å². The highest BCUT2D eigenvalue weighted by Crippen LogP contribution is 2.33. The quantitative estimate of drug-likeness (QED) is 0.769. The molecule has 3 rings (SSSR count). The third kappa shape index (κ3) is 3.13. The molecule has 0 aromatic heterocycles. The molecule has 1 fully saturated rings. The van der Waals surface area contributed by atoms with Gasteiger partial charge in [-0.15, -0.1) is 0 Å². The van der Waals surface area contributed by atoms with E-state index < -0.39 is 10.0 Å². The topological polar surface area (TPSA) is 79.4 Å². The molecule has 2 heterocycles. The zero-order valence-corrected chi connectivity index (χ0v) is 14.6. The summed E-state index contributed by atoms with van der Waals surface area (Å²) in [6, 6.07) is 4.54. The van der Waals surface area contributed by atoms with Crippen LogP contribution in [0.4, 0.5) is 4.79 Å². The standard InChI is InChI=1S/C15H21N3O5S/c1-16(2)15(19)17-5-7-18(8-6-17)24(20,21)12-3-4-13-14(11-12)23-10-9-22-13/h3-4,11H,5-10H2,1-2H3. The van der Waals surface area contributed by atoms with Crippen molar-refractivity contribution < 1.29 is 22.7 Å². The molecule has 2 aliphatic rings. The number of nitrogens with zero attached hydrogens (tertiary/aromatic N) is 3. The number of carbonyl (C=O) groups excluding carboxylic acids is 1. The number of benzene rings is 1. The zero-order chi connectivity index (χ0) is 17.3. The van der Waals surface area contributed by atoms with Gasteiger partial charge in [0.2, 0.25) is 10.0 Å². The SMILES string of the molecule is CN(C)C(=O)N1CCN(S(=O)(=O)c2ccc3c(c2)OCCO3)CC1. The Kier molecular flexibility index (Phi) is 4.55. The Labute approximate surface area is 141 Å². The number of hydrogen-bond donors (Lipinski definition) is 0. The minimum atomic E-state index is -3.62. The van der Waals surface area contributed by atoms with Gasteiger partial charge in [-0.2, -0.15) is 4.31 Å². The molecule has 8 nitrogen and oxygen atoms in total. The minimum absolute atomic E-state index is 0.105. The average molecular weight is 355 g/mol. The van der Waals surface area contributed by atoms with Crippen molar-refractivity contribution in [3.8, 4) is 11.5 Å². The minimum Gasteiger partial charge on any atom is -0.486 e. The molecular weight excluding hydrogens is 334 g/mol. The van der Waals surface area contributed by atoms with Crippen LogP contribution in [0.3, 0.4) is 0 Å². The molecule has 9 heteroatoms. The van der Waals surface area contributed by atoms with E-state index in [1.807, 2.05) is 0 Å². The lowest BCUT2D eigenvalue weighted by molar-refractivity contribution is 0.149. The zero-order valence-electron chi connectivity index (χ0n) is 13.8. The summed E-state index contributed by atoms with van der Waals surface area (Å²) in [5.74, 6) is 1.00. The van der Waals surface area contributed by atoms with Crippen molar-refractivity contribution in [2.75, 3.05) is 53.5 Å². The lowest BCUT2D eigenvalue weighted by Gasteiger charge is -2.35. The molecule has 0 saturated carbocycles. The van der Waals surface area contributed by atoms with Crippen LogP contribution in [0.2, 0.25) is 0 Å². The number of carbonyl (C=O) groups is 1. The second kappa shape index (κ2) is 6.48.